The molecule has 1 aliphatic carbocycles. The Labute approximate surface area is 432 Å². The second-order valence-corrected chi connectivity index (χ2v) is 21.3. The maximum atomic E-state index is 16.1. The number of unbranched alkanes of at least 4 members (excludes halogenated alkanes) is 1. The predicted octanol–water partition coefficient (Wildman–Crippen LogP) is 9.66. The minimum atomic E-state index is -1.11. The monoisotopic (exact) mass is 1020 g/mol. The summed E-state index contributed by atoms with van der Waals surface area (Å²) in [6.07, 6.45) is 8.99. The zero-order valence-corrected chi connectivity index (χ0v) is 42.6. The number of aromatic nitrogens is 4. The van der Waals surface area contributed by atoms with Crippen molar-refractivity contribution < 1.29 is 33.4 Å². The van der Waals surface area contributed by atoms with Crippen LogP contribution in [-0.4, -0.2) is 98.8 Å². The summed E-state index contributed by atoms with van der Waals surface area (Å²) < 4.78 is 25.3. The van der Waals surface area contributed by atoms with Crippen molar-refractivity contribution in [3.63, 3.8) is 0 Å². The fourth-order valence-corrected chi connectivity index (χ4v) is 12.5. The number of carbonyl (C=O) groups excluding carboxylic acids is 3. The number of piperazine rings is 1. The number of thiazole rings is 1. The molecule has 0 spiro atoms. The van der Waals surface area contributed by atoms with Crippen LogP contribution < -0.4 is 25.2 Å². The number of nitrogens with zero attached hydrogens (tertiary/aromatic N) is 7. The van der Waals surface area contributed by atoms with Crippen LogP contribution in [0, 0.1) is 18.7 Å². The van der Waals surface area contributed by atoms with Gasteiger partial charge < -0.3 is 19.6 Å². The maximum absolute atomic E-state index is 16.1. The quantitative estimate of drug-likeness (QED) is 0.0696. The van der Waals surface area contributed by atoms with Gasteiger partial charge in [0.25, 0.3) is 5.91 Å². The lowest BCUT2D eigenvalue weighted by Crippen LogP contribution is -2.47. The average Bonchev–Trinajstić information content (AvgIpc) is 3.98. The lowest BCUT2D eigenvalue weighted by Gasteiger charge is -2.36. The minimum absolute atomic E-state index is 0.0304. The summed E-state index contributed by atoms with van der Waals surface area (Å²) in [5.74, 6) is -0.961. The second kappa shape index (κ2) is 20.9. The smallest absolute Gasteiger partial charge is 0.355 e. The van der Waals surface area contributed by atoms with Gasteiger partial charge >= 0.3 is 5.97 Å². The number of halogens is 1. The molecule has 3 N–H and O–H groups in total. The number of benzene rings is 4. The van der Waals surface area contributed by atoms with Crippen LogP contribution in [0.25, 0.3) is 32.2 Å². The first kappa shape index (κ1) is 49.0. The van der Waals surface area contributed by atoms with Crippen LogP contribution >= 0.6 is 11.3 Å². The van der Waals surface area contributed by atoms with E-state index in [1.165, 1.54) is 22.4 Å². The molecular formula is C57H60FN9O6S. The van der Waals surface area contributed by atoms with Gasteiger partial charge in [0.2, 0.25) is 11.8 Å². The lowest BCUT2D eigenvalue weighted by molar-refractivity contribution is -0.134. The molecule has 7 aromatic rings. The molecule has 74 heavy (non-hydrogen) atoms. The molecule has 17 heteroatoms. The van der Waals surface area contributed by atoms with Gasteiger partial charge in [0.05, 0.1) is 33.6 Å². The molecule has 382 valence electrons. The van der Waals surface area contributed by atoms with Gasteiger partial charge in [-0.2, -0.15) is 5.10 Å². The Kier molecular flexibility index (Phi) is 13.9. The molecule has 4 aromatic carbocycles. The number of aryl methyl sites for hydroxylation is 1. The van der Waals surface area contributed by atoms with E-state index in [1.807, 2.05) is 90.7 Å². The van der Waals surface area contributed by atoms with Crippen molar-refractivity contribution in [2.24, 2.45) is 13.0 Å². The number of imide groups is 1. The highest BCUT2D eigenvalue weighted by molar-refractivity contribution is 7.22. The fraction of sp³-hybridized carbons (Fsp3) is 0.386. The molecule has 1 unspecified atom stereocenters. The summed E-state index contributed by atoms with van der Waals surface area (Å²) >= 11 is 1.43. The summed E-state index contributed by atoms with van der Waals surface area (Å²) in [5, 5.41) is 21.6. The van der Waals surface area contributed by atoms with Crippen LogP contribution in [-0.2, 0) is 29.6 Å². The number of rotatable bonds is 14. The van der Waals surface area contributed by atoms with E-state index >= 15 is 4.39 Å². The molecule has 0 bridgehead atoms. The van der Waals surface area contributed by atoms with E-state index in [0.717, 1.165) is 109 Å². The van der Waals surface area contributed by atoms with E-state index in [0.29, 0.717) is 76.2 Å². The van der Waals surface area contributed by atoms with Crippen molar-refractivity contribution in [2.45, 2.75) is 89.7 Å². The van der Waals surface area contributed by atoms with E-state index in [2.05, 4.69) is 30.5 Å². The predicted molar refractivity (Wildman–Crippen MR) is 285 cm³/mol. The lowest BCUT2D eigenvalue weighted by atomic mass is 9.84. The van der Waals surface area contributed by atoms with Crippen molar-refractivity contribution in [1.82, 2.24) is 30.0 Å². The Hall–Kier alpha value is -7.24. The summed E-state index contributed by atoms with van der Waals surface area (Å²) in [6.45, 7) is 7.21. The molecule has 1 saturated carbocycles. The molecule has 3 aromatic heterocycles. The van der Waals surface area contributed by atoms with Crippen LogP contribution in [0.4, 0.5) is 21.0 Å². The number of aromatic carboxylic acids is 1. The van der Waals surface area contributed by atoms with E-state index in [-0.39, 0.29) is 41.8 Å². The van der Waals surface area contributed by atoms with Gasteiger partial charge in [0.1, 0.15) is 17.1 Å². The number of carboxylic acids is 1. The van der Waals surface area contributed by atoms with Gasteiger partial charge in [0.15, 0.2) is 16.6 Å². The van der Waals surface area contributed by atoms with E-state index < -0.39 is 11.9 Å². The highest BCUT2D eigenvalue weighted by atomic mass is 32.1. The third-order valence-electron chi connectivity index (χ3n) is 15.7. The molecule has 1 atom stereocenters. The van der Waals surface area contributed by atoms with Crippen LogP contribution in [0.3, 0.4) is 0 Å². The first-order chi connectivity index (χ1) is 35.9. The van der Waals surface area contributed by atoms with Gasteiger partial charge in [-0.25, -0.2) is 19.2 Å². The minimum Gasteiger partial charge on any atom is -0.490 e. The summed E-state index contributed by atoms with van der Waals surface area (Å²) in [4.78, 5) is 66.8. The third kappa shape index (κ3) is 9.94. The fourth-order valence-electron chi connectivity index (χ4n) is 11.6. The zero-order valence-electron chi connectivity index (χ0n) is 41.7. The molecule has 15 nitrogen and oxygen atoms in total. The average molecular weight is 1020 g/mol. The van der Waals surface area contributed by atoms with Crippen LogP contribution in [0.2, 0.25) is 0 Å². The van der Waals surface area contributed by atoms with Crippen molar-refractivity contribution >= 4 is 72.8 Å². The number of anilines is 3. The number of amides is 3. The highest BCUT2D eigenvalue weighted by Crippen LogP contribution is 2.39. The Bertz CT molecular complexity index is 3270. The molecule has 4 aliphatic rings. The molecule has 6 heterocycles. The Balaban J connectivity index is 0.652. The van der Waals surface area contributed by atoms with Crippen molar-refractivity contribution in [3.8, 4) is 16.9 Å². The number of pyridine rings is 1. The molecule has 3 amide bonds. The molecule has 3 aliphatic heterocycles. The number of hydrogen-bond acceptors (Lipinski definition) is 12. The summed E-state index contributed by atoms with van der Waals surface area (Å²) in [7, 11) is 1.70. The van der Waals surface area contributed by atoms with E-state index in [1.54, 1.807) is 13.1 Å². The number of para-hydroxylation sites is 1. The number of fused-ring (bicyclic) bond motifs is 3. The Morgan fingerprint density at radius 2 is 1.66 bits per heavy atom. The number of hydrogen-bond donors (Lipinski definition) is 3. The normalized spacial score (nSPS) is 19.4. The summed E-state index contributed by atoms with van der Waals surface area (Å²) in [6, 6.07) is 26.8. The van der Waals surface area contributed by atoms with Gasteiger partial charge in [-0.3, -0.25) is 34.6 Å². The molecular weight excluding hydrogens is 958 g/mol. The molecule has 11 rings (SSSR count). The van der Waals surface area contributed by atoms with Crippen molar-refractivity contribution in [2.75, 3.05) is 54.4 Å². The number of nitrogens with one attached hydrogen (secondary N) is 2. The van der Waals surface area contributed by atoms with Crippen LogP contribution in [0.5, 0.6) is 5.75 Å². The zero-order chi connectivity index (χ0) is 51.0. The topological polar surface area (TPSA) is 175 Å². The summed E-state index contributed by atoms with van der Waals surface area (Å²) in [5.41, 5.74) is 6.96. The Morgan fingerprint density at radius 3 is 2.46 bits per heavy atom. The first-order valence-electron chi connectivity index (χ1n) is 26.0. The number of carbonyl (C=O) groups is 4. The third-order valence-corrected chi connectivity index (χ3v) is 16.6. The SMILES string of the molecule is Cc1c(OC2CCC(CCCCN3CCN(c4ccc5c(C6CCC(=O)NC6=O)nn(C)c5c4F)CC3)CC2)cccc1-c1ccc(N2CCc3cccc(C(=O)Nc4nc5ccccc5s4)c3C2)nc1C(=O)O. The van der Waals surface area contributed by atoms with Gasteiger partial charge in [0, 0.05) is 69.3 Å². The number of carboxylic acid groups (broad SMARTS) is 1. The largest absolute Gasteiger partial charge is 0.490 e. The van der Waals surface area contributed by atoms with Crippen molar-refractivity contribution in [3.05, 3.63) is 124 Å². The van der Waals surface area contributed by atoms with Crippen LogP contribution in [0.15, 0.2) is 84.9 Å². The van der Waals surface area contributed by atoms with Crippen LogP contribution in [0.1, 0.15) is 107 Å². The number of ether oxygens (including phenoxy) is 1. The van der Waals surface area contributed by atoms with Gasteiger partial charge in [-0.05, 0) is 135 Å². The van der Waals surface area contributed by atoms with E-state index in [4.69, 9.17) is 9.72 Å². The highest BCUT2D eigenvalue weighted by Gasteiger charge is 2.34. The van der Waals surface area contributed by atoms with Crippen molar-refractivity contribution in [1.29, 1.82) is 0 Å². The van der Waals surface area contributed by atoms with Gasteiger partial charge in [-0.15, -0.1) is 0 Å². The van der Waals surface area contributed by atoms with E-state index in [9.17, 15) is 24.3 Å². The maximum Gasteiger partial charge on any atom is 0.355 e. The second-order valence-electron chi connectivity index (χ2n) is 20.2. The molecule has 3 fully saturated rings. The number of piperidine rings is 1. The molecule has 2 saturated heterocycles. The first-order valence-corrected chi connectivity index (χ1v) is 26.8. The standard InChI is InChI=1S/C57H60FN9O6S/c1-34-38(39-21-24-48(60-52(39)56(71)72)67-28-26-36-10-7-12-40(43(36)33-67)54(69)62-57-59-44-13-3-4-15-47(44)74-57)11-8-14-46(34)73-37-18-16-35(17-19-37)9-5-6-27-65-29-31-66(32-30-65)45-23-20-41-51(63-64(2)53(41)50(45)58)42-22-25-49(68)61-55(42)70/h3-4,7-8,10-15,20-21,23-24,35,37,42H,5-6,9,16-19,22,25-33H2,1-2H3,(H,71,72)(H,59,62,69)(H,61,68,70). The van der Waals surface area contributed by atoms with Gasteiger partial charge in [-0.1, -0.05) is 60.6 Å². The Morgan fingerprint density at radius 1 is 0.851 bits per heavy atom. The molecule has 0 radical (unpaired) electrons.